The Morgan fingerprint density at radius 1 is 1.32 bits per heavy atom. The third-order valence-corrected chi connectivity index (χ3v) is 3.97. The molecule has 2 amide bonds. The molecule has 1 unspecified atom stereocenters. The average Bonchev–Trinajstić information content (AvgIpc) is 3.03. The van der Waals surface area contributed by atoms with E-state index in [4.69, 9.17) is 4.74 Å². The minimum atomic E-state index is -0.350. The highest BCUT2D eigenvalue weighted by atomic mass is 16.5. The quantitative estimate of drug-likeness (QED) is 0.863. The monoisotopic (exact) mass is 302 g/mol. The summed E-state index contributed by atoms with van der Waals surface area (Å²) >= 11 is 0. The molecule has 5 nitrogen and oxygen atoms in total. The maximum Gasteiger partial charge on any atom is 0.247 e. The fourth-order valence-electron chi connectivity index (χ4n) is 2.68. The van der Waals surface area contributed by atoms with E-state index in [1.54, 1.807) is 25.1 Å². The Kier molecular flexibility index (Phi) is 5.20. The zero-order valence-corrected chi connectivity index (χ0v) is 13.3. The molecule has 5 heteroatoms. The lowest BCUT2D eigenvalue weighted by Gasteiger charge is -2.22. The summed E-state index contributed by atoms with van der Waals surface area (Å²) in [6.45, 7) is 2.52. The first kappa shape index (κ1) is 16.1. The molecule has 1 aromatic carbocycles. The number of amides is 2. The smallest absolute Gasteiger partial charge is 0.247 e. The van der Waals surface area contributed by atoms with E-state index in [0.717, 1.165) is 29.7 Å². The molecule has 1 saturated heterocycles. The highest BCUT2D eigenvalue weighted by Gasteiger charge is 2.32. The lowest BCUT2D eigenvalue weighted by atomic mass is 10.1. The Labute approximate surface area is 130 Å². The summed E-state index contributed by atoms with van der Waals surface area (Å²) in [6, 6.07) is 7.20. The van der Waals surface area contributed by atoms with Crippen LogP contribution in [-0.2, 0) is 9.59 Å². The highest BCUT2D eigenvalue weighted by molar-refractivity contribution is 5.98. The molecular formula is C17H22N2O3. The fourth-order valence-corrected chi connectivity index (χ4v) is 2.68. The summed E-state index contributed by atoms with van der Waals surface area (Å²) in [5.41, 5.74) is 1.83. The van der Waals surface area contributed by atoms with Gasteiger partial charge in [-0.1, -0.05) is 12.1 Å². The Balaban J connectivity index is 2.12. The van der Waals surface area contributed by atoms with E-state index >= 15 is 0 Å². The maximum absolute atomic E-state index is 12.4. The summed E-state index contributed by atoms with van der Waals surface area (Å²) < 4.78 is 5.12. The van der Waals surface area contributed by atoms with E-state index in [1.807, 2.05) is 31.2 Å². The van der Waals surface area contributed by atoms with Crippen molar-refractivity contribution < 1.29 is 14.3 Å². The molecule has 22 heavy (non-hydrogen) atoms. The van der Waals surface area contributed by atoms with Crippen molar-refractivity contribution in [3.05, 3.63) is 35.9 Å². The zero-order valence-electron chi connectivity index (χ0n) is 13.3. The number of methoxy groups -OCH3 is 1. The van der Waals surface area contributed by atoms with Crippen molar-refractivity contribution in [1.29, 1.82) is 0 Å². The molecule has 1 aliphatic heterocycles. The van der Waals surface area contributed by atoms with Crippen LogP contribution in [-0.4, -0.2) is 43.5 Å². The van der Waals surface area contributed by atoms with Crippen LogP contribution in [0.4, 0.5) is 0 Å². The SMILES string of the molecule is CNC(=O)C1CCCN1C(=O)/C=C(/C)c1ccc(OC)cc1. The van der Waals surface area contributed by atoms with Crippen molar-refractivity contribution in [2.24, 2.45) is 0 Å². The van der Waals surface area contributed by atoms with E-state index < -0.39 is 0 Å². The molecule has 1 fully saturated rings. The molecule has 0 bridgehead atoms. The number of allylic oxidation sites excluding steroid dienone is 1. The normalized spacial score (nSPS) is 18.2. The number of nitrogens with zero attached hydrogens (tertiary/aromatic N) is 1. The number of ether oxygens (including phenoxy) is 1. The van der Waals surface area contributed by atoms with Gasteiger partial charge in [-0.05, 0) is 43.0 Å². The van der Waals surface area contributed by atoms with E-state index in [2.05, 4.69) is 5.32 Å². The van der Waals surface area contributed by atoms with Crippen LogP contribution >= 0.6 is 0 Å². The molecule has 1 heterocycles. The van der Waals surface area contributed by atoms with E-state index in [9.17, 15) is 9.59 Å². The number of carbonyl (C=O) groups excluding carboxylic acids is 2. The van der Waals surface area contributed by atoms with Crippen molar-refractivity contribution >= 4 is 17.4 Å². The van der Waals surface area contributed by atoms with E-state index in [-0.39, 0.29) is 17.9 Å². The van der Waals surface area contributed by atoms with Crippen LogP contribution < -0.4 is 10.1 Å². The molecule has 0 radical (unpaired) electrons. The topological polar surface area (TPSA) is 58.6 Å². The fraction of sp³-hybridized carbons (Fsp3) is 0.412. The first-order valence-corrected chi connectivity index (χ1v) is 7.41. The van der Waals surface area contributed by atoms with Crippen LogP contribution in [0, 0.1) is 0 Å². The largest absolute Gasteiger partial charge is 0.497 e. The summed E-state index contributed by atoms with van der Waals surface area (Å²) in [6.07, 6.45) is 3.18. The Bertz CT molecular complexity index is 578. The number of hydrogen-bond donors (Lipinski definition) is 1. The van der Waals surface area contributed by atoms with Gasteiger partial charge in [0.2, 0.25) is 11.8 Å². The third kappa shape index (κ3) is 3.47. The van der Waals surface area contributed by atoms with Crippen molar-refractivity contribution in [2.45, 2.75) is 25.8 Å². The maximum atomic E-state index is 12.4. The van der Waals surface area contributed by atoms with Crippen molar-refractivity contribution in [1.82, 2.24) is 10.2 Å². The minimum absolute atomic E-state index is 0.0960. The van der Waals surface area contributed by atoms with Gasteiger partial charge in [0, 0.05) is 19.7 Å². The predicted molar refractivity (Wildman–Crippen MR) is 85.4 cm³/mol. The standard InChI is InChI=1S/C17H22N2O3/c1-12(13-6-8-14(22-3)9-7-13)11-16(20)19-10-4-5-15(19)17(21)18-2/h6-9,11,15H,4-5,10H2,1-3H3,(H,18,21)/b12-11-. The number of likely N-dealkylation sites (tertiary alicyclic amines) is 1. The molecule has 1 atom stereocenters. The van der Waals surface area contributed by atoms with Gasteiger partial charge in [0.1, 0.15) is 11.8 Å². The molecule has 0 aromatic heterocycles. The molecule has 1 aromatic rings. The Morgan fingerprint density at radius 2 is 2.00 bits per heavy atom. The molecule has 1 aliphatic rings. The van der Waals surface area contributed by atoms with Crippen molar-refractivity contribution in [3.63, 3.8) is 0 Å². The summed E-state index contributed by atoms with van der Waals surface area (Å²) in [5.74, 6) is 0.572. The molecule has 118 valence electrons. The number of hydrogen-bond acceptors (Lipinski definition) is 3. The minimum Gasteiger partial charge on any atom is -0.497 e. The first-order chi connectivity index (χ1) is 10.6. The van der Waals surface area contributed by atoms with Gasteiger partial charge in [0.15, 0.2) is 0 Å². The lowest BCUT2D eigenvalue weighted by molar-refractivity contribution is -0.134. The highest BCUT2D eigenvalue weighted by Crippen LogP contribution is 2.21. The molecule has 0 spiro atoms. The van der Waals surface area contributed by atoms with Gasteiger partial charge in [0.25, 0.3) is 0 Å². The predicted octanol–water partition coefficient (Wildman–Crippen LogP) is 1.84. The number of likely N-dealkylation sites (N-methyl/N-ethyl adjacent to an activating group) is 1. The Morgan fingerprint density at radius 3 is 2.59 bits per heavy atom. The van der Waals surface area contributed by atoms with Crippen LogP contribution in [0.2, 0.25) is 0 Å². The second-order valence-corrected chi connectivity index (χ2v) is 5.36. The van der Waals surface area contributed by atoms with Gasteiger partial charge in [-0.2, -0.15) is 0 Å². The van der Waals surface area contributed by atoms with Gasteiger partial charge >= 0.3 is 0 Å². The number of benzene rings is 1. The van der Waals surface area contributed by atoms with Crippen LogP contribution in [0.15, 0.2) is 30.3 Å². The van der Waals surface area contributed by atoms with Crippen LogP contribution in [0.5, 0.6) is 5.75 Å². The molecule has 0 saturated carbocycles. The van der Waals surface area contributed by atoms with Crippen molar-refractivity contribution in [3.8, 4) is 5.75 Å². The van der Waals surface area contributed by atoms with Gasteiger partial charge in [-0.3, -0.25) is 9.59 Å². The molecular weight excluding hydrogens is 280 g/mol. The number of nitrogens with one attached hydrogen (secondary N) is 1. The van der Waals surface area contributed by atoms with E-state index in [0.29, 0.717) is 6.54 Å². The van der Waals surface area contributed by atoms with Gasteiger partial charge in [-0.25, -0.2) is 0 Å². The van der Waals surface area contributed by atoms with Gasteiger partial charge in [-0.15, -0.1) is 0 Å². The van der Waals surface area contributed by atoms with Crippen LogP contribution in [0.25, 0.3) is 5.57 Å². The molecule has 1 N–H and O–H groups in total. The van der Waals surface area contributed by atoms with Crippen LogP contribution in [0.3, 0.4) is 0 Å². The van der Waals surface area contributed by atoms with Crippen molar-refractivity contribution in [2.75, 3.05) is 20.7 Å². The number of rotatable bonds is 4. The zero-order chi connectivity index (χ0) is 16.1. The van der Waals surface area contributed by atoms with Gasteiger partial charge in [0.05, 0.1) is 7.11 Å². The number of carbonyl (C=O) groups is 2. The summed E-state index contributed by atoms with van der Waals surface area (Å²) in [4.78, 5) is 25.9. The summed E-state index contributed by atoms with van der Waals surface area (Å²) in [7, 11) is 3.22. The second kappa shape index (κ2) is 7.11. The third-order valence-electron chi connectivity index (χ3n) is 3.97. The lowest BCUT2D eigenvalue weighted by Crippen LogP contribution is -2.44. The first-order valence-electron chi connectivity index (χ1n) is 7.41. The second-order valence-electron chi connectivity index (χ2n) is 5.36. The van der Waals surface area contributed by atoms with E-state index in [1.165, 1.54) is 0 Å². The summed E-state index contributed by atoms with van der Waals surface area (Å²) in [5, 5.41) is 2.62. The molecule has 0 aliphatic carbocycles. The van der Waals surface area contributed by atoms with Crippen LogP contribution in [0.1, 0.15) is 25.3 Å². The van der Waals surface area contributed by atoms with Gasteiger partial charge < -0.3 is 15.0 Å². The Hall–Kier alpha value is -2.30. The molecule has 2 rings (SSSR count). The average molecular weight is 302 g/mol.